The Morgan fingerprint density at radius 2 is 2.62 bits per heavy atom. The fourth-order valence-electron chi connectivity index (χ4n) is 1.65. The van der Waals surface area contributed by atoms with E-state index in [0.717, 1.165) is 51.6 Å². The van der Waals surface area contributed by atoms with Crippen LogP contribution in [0.1, 0.15) is 12.1 Å². The highest BCUT2D eigenvalue weighted by atomic mass is 32.1. The standard InChI is InChI=1S/C11H18N2O2S/c1-3-14-6-10(1)7-15-4-2-12-5-11-8-16-9-13-11/h8-10,12H,1-7H2. The highest BCUT2D eigenvalue weighted by Gasteiger charge is 2.14. The first-order chi connectivity index (χ1) is 7.95. The Bertz CT molecular complexity index is 274. The zero-order valence-electron chi connectivity index (χ0n) is 9.35. The van der Waals surface area contributed by atoms with E-state index in [0.29, 0.717) is 5.92 Å². The van der Waals surface area contributed by atoms with Gasteiger partial charge in [0.05, 0.1) is 31.0 Å². The highest BCUT2D eigenvalue weighted by Crippen LogP contribution is 2.11. The molecule has 2 rings (SSSR count). The van der Waals surface area contributed by atoms with Crippen molar-refractivity contribution < 1.29 is 9.47 Å². The van der Waals surface area contributed by atoms with Crippen molar-refractivity contribution in [1.29, 1.82) is 0 Å². The molecule has 2 heterocycles. The summed E-state index contributed by atoms with van der Waals surface area (Å²) in [6.45, 7) is 5.08. The molecule has 0 saturated carbocycles. The number of thiazole rings is 1. The number of hydrogen-bond acceptors (Lipinski definition) is 5. The molecule has 1 saturated heterocycles. The molecule has 1 aromatic rings. The Kier molecular flexibility index (Phi) is 5.21. The number of ether oxygens (including phenoxy) is 2. The van der Waals surface area contributed by atoms with Gasteiger partial charge in [-0.1, -0.05) is 0 Å². The van der Waals surface area contributed by atoms with Crippen molar-refractivity contribution in [2.45, 2.75) is 13.0 Å². The summed E-state index contributed by atoms with van der Waals surface area (Å²) in [4.78, 5) is 4.20. The highest BCUT2D eigenvalue weighted by molar-refractivity contribution is 7.07. The number of nitrogens with one attached hydrogen (secondary N) is 1. The Balaban J connectivity index is 1.43. The van der Waals surface area contributed by atoms with Crippen LogP contribution in [0.2, 0.25) is 0 Å². The largest absolute Gasteiger partial charge is 0.381 e. The molecule has 0 aromatic carbocycles. The molecule has 1 aliphatic heterocycles. The van der Waals surface area contributed by atoms with Gasteiger partial charge in [0.1, 0.15) is 0 Å². The van der Waals surface area contributed by atoms with E-state index in [4.69, 9.17) is 9.47 Å². The fourth-order valence-corrected chi connectivity index (χ4v) is 2.21. The van der Waals surface area contributed by atoms with Gasteiger partial charge >= 0.3 is 0 Å². The summed E-state index contributed by atoms with van der Waals surface area (Å²) in [6.07, 6.45) is 1.15. The van der Waals surface area contributed by atoms with Gasteiger partial charge in [0, 0.05) is 31.0 Å². The molecule has 0 spiro atoms. The van der Waals surface area contributed by atoms with Gasteiger partial charge in [0.15, 0.2) is 0 Å². The van der Waals surface area contributed by atoms with Crippen LogP contribution in [0.5, 0.6) is 0 Å². The third-order valence-electron chi connectivity index (χ3n) is 2.59. The summed E-state index contributed by atoms with van der Waals surface area (Å²) in [5, 5.41) is 5.36. The van der Waals surface area contributed by atoms with Crippen LogP contribution < -0.4 is 5.32 Å². The second-order valence-corrected chi connectivity index (χ2v) is 4.68. The van der Waals surface area contributed by atoms with Gasteiger partial charge in [-0.25, -0.2) is 4.98 Å². The van der Waals surface area contributed by atoms with Crippen LogP contribution in [0.3, 0.4) is 0 Å². The monoisotopic (exact) mass is 242 g/mol. The molecule has 1 unspecified atom stereocenters. The van der Waals surface area contributed by atoms with Crippen molar-refractivity contribution in [3.63, 3.8) is 0 Å². The average molecular weight is 242 g/mol. The van der Waals surface area contributed by atoms with Crippen LogP contribution in [-0.4, -0.2) is 38.0 Å². The van der Waals surface area contributed by atoms with Crippen molar-refractivity contribution in [3.05, 3.63) is 16.6 Å². The van der Waals surface area contributed by atoms with Gasteiger partial charge in [0.25, 0.3) is 0 Å². The van der Waals surface area contributed by atoms with Gasteiger partial charge in [-0.3, -0.25) is 0 Å². The first-order valence-corrected chi connectivity index (χ1v) is 6.62. The lowest BCUT2D eigenvalue weighted by atomic mass is 10.1. The second kappa shape index (κ2) is 6.96. The van der Waals surface area contributed by atoms with Crippen LogP contribution in [0.15, 0.2) is 10.9 Å². The van der Waals surface area contributed by atoms with Crippen molar-refractivity contribution in [3.8, 4) is 0 Å². The smallest absolute Gasteiger partial charge is 0.0795 e. The topological polar surface area (TPSA) is 43.4 Å². The van der Waals surface area contributed by atoms with Gasteiger partial charge < -0.3 is 14.8 Å². The molecule has 0 amide bonds. The van der Waals surface area contributed by atoms with Crippen LogP contribution >= 0.6 is 11.3 Å². The zero-order chi connectivity index (χ0) is 11.1. The predicted molar refractivity (Wildman–Crippen MR) is 63.6 cm³/mol. The van der Waals surface area contributed by atoms with E-state index in [1.54, 1.807) is 11.3 Å². The SMILES string of the molecule is c1nc(CNCCOCC2CCOC2)cs1. The Morgan fingerprint density at radius 3 is 3.38 bits per heavy atom. The molecular weight excluding hydrogens is 224 g/mol. The van der Waals surface area contributed by atoms with Crippen molar-refractivity contribution in [1.82, 2.24) is 10.3 Å². The van der Waals surface area contributed by atoms with Gasteiger partial charge in [0.2, 0.25) is 0 Å². The lowest BCUT2D eigenvalue weighted by Gasteiger charge is -2.08. The number of aromatic nitrogens is 1. The molecule has 1 aliphatic rings. The van der Waals surface area contributed by atoms with E-state index in [2.05, 4.69) is 15.7 Å². The third-order valence-corrected chi connectivity index (χ3v) is 3.23. The summed E-state index contributed by atoms with van der Waals surface area (Å²) < 4.78 is 10.9. The van der Waals surface area contributed by atoms with E-state index in [9.17, 15) is 0 Å². The van der Waals surface area contributed by atoms with Crippen LogP contribution in [0.25, 0.3) is 0 Å². The molecule has 1 fully saturated rings. The van der Waals surface area contributed by atoms with Crippen LogP contribution in [0.4, 0.5) is 0 Å². The third kappa shape index (κ3) is 4.17. The lowest BCUT2D eigenvalue weighted by molar-refractivity contribution is 0.0912. The maximum absolute atomic E-state index is 5.58. The van der Waals surface area contributed by atoms with E-state index < -0.39 is 0 Å². The maximum Gasteiger partial charge on any atom is 0.0795 e. The van der Waals surface area contributed by atoms with Gasteiger partial charge in [-0.2, -0.15) is 0 Å². The average Bonchev–Trinajstić information content (AvgIpc) is 2.96. The van der Waals surface area contributed by atoms with E-state index in [1.807, 2.05) is 5.51 Å². The summed E-state index contributed by atoms with van der Waals surface area (Å²) in [7, 11) is 0. The van der Waals surface area contributed by atoms with Gasteiger partial charge in [-0.15, -0.1) is 11.3 Å². The molecule has 4 nitrogen and oxygen atoms in total. The van der Waals surface area contributed by atoms with Crippen LogP contribution in [0, 0.1) is 5.92 Å². The number of rotatable bonds is 7. The summed E-state index contributed by atoms with van der Waals surface area (Å²) >= 11 is 1.63. The quantitative estimate of drug-likeness (QED) is 0.732. The number of nitrogens with zero attached hydrogens (tertiary/aromatic N) is 1. The molecule has 1 N–H and O–H groups in total. The Hall–Kier alpha value is -0.490. The van der Waals surface area contributed by atoms with E-state index in [1.165, 1.54) is 0 Å². The normalized spacial score (nSPS) is 20.4. The van der Waals surface area contributed by atoms with Crippen molar-refractivity contribution >= 4 is 11.3 Å². The molecule has 1 aromatic heterocycles. The molecule has 5 heteroatoms. The van der Waals surface area contributed by atoms with Crippen molar-refractivity contribution in [2.75, 3.05) is 33.0 Å². The Morgan fingerprint density at radius 1 is 1.62 bits per heavy atom. The molecule has 0 bridgehead atoms. The molecule has 0 radical (unpaired) electrons. The van der Waals surface area contributed by atoms with Crippen molar-refractivity contribution in [2.24, 2.45) is 5.92 Å². The Labute approximate surface area is 100.0 Å². The summed E-state index contributed by atoms with van der Waals surface area (Å²) in [5.41, 5.74) is 2.96. The fraction of sp³-hybridized carbons (Fsp3) is 0.727. The molecular formula is C11H18N2O2S. The first kappa shape index (κ1) is 12.0. The molecule has 0 aliphatic carbocycles. The summed E-state index contributed by atoms with van der Waals surface area (Å²) in [6, 6.07) is 0. The second-order valence-electron chi connectivity index (χ2n) is 3.96. The molecule has 1 atom stereocenters. The predicted octanol–water partition coefficient (Wildman–Crippen LogP) is 1.29. The van der Waals surface area contributed by atoms with E-state index >= 15 is 0 Å². The molecule has 16 heavy (non-hydrogen) atoms. The molecule has 90 valence electrons. The summed E-state index contributed by atoms with van der Waals surface area (Å²) in [5.74, 6) is 0.610. The minimum atomic E-state index is 0.610. The minimum absolute atomic E-state index is 0.610. The first-order valence-electron chi connectivity index (χ1n) is 5.68. The van der Waals surface area contributed by atoms with E-state index in [-0.39, 0.29) is 0 Å². The van der Waals surface area contributed by atoms with Gasteiger partial charge in [-0.05, 0) is 6.42 Å². The number of hydrogen-bond donors (Lipinski definition) is 1. The van der Waals surface area contributed by atoms with Crippen LogP contribution in [-0.2, 0) is 16.0 Å². The zero-order valence-corrected chi connectivity index (χ0v) is 10.2. The minimum Gasteiger partial charge on any atom is -0.381 e. The lowest BCUT2D eigenvalue weighted by Crippen LogP contribution is -2.21. The maximum atomic E-state index is 5.58.